The zero-order valence-corrected chi connectivity index (χ0v) is 11.3. The minimum absolute atomic E-state index is 0.187. The van der Waals surface area contributed by atoms with Gasteiger partial charge in [-0.1, -0.05) is 24.3 Å². The smallest absolute Gasteiger partial charge is 0.226 e. The van der Waals surface area contributed by atoms with Crippen LogP contribution in [0.15, 0.2) is 24.3 Å². The summed E-state index contributed by atoms with van der Waals surface area (Å²) in [6, 6.07) is 8.38. The highest BCUT2D eigenvalue weighted by atomic mass is 16.2. The molecule has 0 spiro atoms. The molecule has 2 rings (SSSR count). The lowest BCUT2D eigenvalue weighted by Gasteiger charge is -2.21. The van der Waals surface area contributed by atoms with Gasteiger partial charge in [0.15, 0.2) is 0 Å². The van der Waals surface area contributed by atoms with Crippen molar-refractivity contribution in [3.63, 3.8) is 0 Å². The summed E-state index contributed by atoms with van der Waals surface area (Å²) in [7, 11) is 1.92. The van der Waals surface area contributed by atoms with Crippen LogP contribution in [0.1, 0.15) is 17.5 Å². The molecule has 98 valence electrons. The van der Waals surface area contributed by atoms with Gasteiger partial charge in [0, 0.05) is 20.1 Å². The van der Waals surface area contributed by atoms with Crippen molar-refractivity contribution in [1.82, 2.24) is 10.2 Å². The van der Waals surface area contributed by atoms with E-state index in [2.05, 4.69) is 36.5 Å². The predicted octanol–water partition coefficient (Wildman–Crippen LogP) is 1.61. The number of aryl methyl sites for hydroxylation is 1. The molecule has 1 heterocycles. The van der Waals surface area contributed by atoms with E-state index in [0.29, 0.717) is 0 Å². The summed E-state index contributed by atoms with van der Waals surface area (Å²) in [4.78, 5) is 14.0. The molecule has 1 aliphatic rings. The highest BCUT2D eigenvalue weighted by molar-refractivity contribution is 5.79. The number of likely N-dealkylation sites (N-methyl/N-ethyl adjacent to an activating group) is 1. The van der Waals surface area contributed by atoms with Crippen molar-refractivity contribution in [2.45, 2.75) is 19.8 Å². The number of nitrogens with zero attached hydrogens (tertiary/aromatic N) is 1. The van der Waals surface area contributed by atoms with Crippen molar-refractivity contribution < 1.29 is 4.79 Å². The van der Waals surface area contributed by atoms with Gasteiger partial charge in [0.05, 0.1) is 5.92 Å². The van der Waals surface area contributed by atoms with Crippen molar-refractivity contribution in [3.8, 4) is 0 Å². The molecule has 3 heteroatoms. The van der Waals surface area contributed by atoms with E-state index >= 15 is 0 Å². The van der Waals surface area contributed by atoms with E-state index < -0.39 is 0 Å². The van der Waals surface area contributed by atoms with Gasteiger partial charge < -0.3 is 10.2 Å². The van der Waals surface area contributed by atoms with Gasteiger partial charge in [0.1, 0.15) is 0 Å². The summed E-state index contributed by atoms with van der Waals surface area (Å²) in [5.74, 6) is 0.473. The number of benzene rings is 1. The normalized spacial score (nSPS) is 18.9. The molecule has 0 aliphatic carbocycles. The quantitative estimate of drug-likeness (QED) is 0.875. The standard InChI is InChI=1S/C15H22N2O/c1-12-5-3-4-6-13(12)8-10-17(2)15(18)14-7-9-16-11-14/h3-6,14,16H,7-11H2,1-2H3. The van der Waals surface area contributed by atoms with Gasteiger partial charge in [0.25, 0.3) is 0 Å². The van der Waals surface area contributed by atoms with Crippen molar-refractivity contribution in [2.75, 3.05) is 26.7 Å². The monoisotopic (exact) mass is 246 g/mol. The lowest BCUT2D eigenvalue weighted by atomic mass is 10.0. The molecule has 1 aromatic carbocycles. The first-order valence-electron chi connectivity index (χ1n) is 6.68. The second-order valence-electron chi connectivity index (χ2n) is 5.13. The highest BCUT2D eigenvalue weighted by Gasteiger charge is 2.24. The molecule has 0 aromatic heterocycles. The maximum Gasteiger partial charge on any atom is 0.226 e. The SMILES string of the molecule is Cc1ccccc1CCN(C)C(=O)C1CCNC1. The van der Waals surface area contributed by atoms with Crippen molar-refractivity contribution >= 4 is 5.91 Å². The Labute approximate surface area is 109 Å². The Morgan fingerprint density at radius 1 is 1.44 bits per heavy atom. The Bertz CT molecular complexity index is 411. The van der Waals surface area contributed by atoms with E-state index in [1.807, 2.05) is 11.9 Å². The van der Waals surface area contributed by atoms with Crippen molar-refractivity contribution in [1.29, 1.82) is 0 Å². The topological polar surface area (TPSA) is 32.3 Å². The molecule has 3 nitrogen and oxygen atoms in total. The van der Waals surface area contributed by atoms with Gasteiger partial charge in [-0.05, 0) is 37.4 Å². The summed E-state index contributed by atoms with van der Waals surface area (Å²) in [5.41, 5.74) is 2.64. The second-order valence-corrected chi connectivity index (χ2v) is 5.13. The van der Waals surface area contributed by atoms with Crippen molar-refractivity contribution in [2.24, 2.45) is 5.92 Å². The van der Waals surface area contributed by atoms with Crippen LogP contribution in [0.4, 0.5) is 0 Å². The van der Waals surface area contributed by atoms with Crippen LogP contribution in [0, 0.1) is 12.8 Å². The molecule has 1 saturated heterocycles. The third-order valence-corrected chi connectivity index (χ3v) is 3.76. The number of carbonyl (C=O) groups is 1. The minimum atomic E-state index is 0.187. The molecule has 0 saturated carbocycles. The lowest BCUT2D eigenvalue weighted by Crippen LogP contribution is -2.35. The number of carbonyl (C=O) groups excluding carboxylic acids is 1. The molecule has 1 N–H and O–H groups in total. The number of hydrogen-bond donors (Lipinski definition) is 1. The van der Waals surface area contributed by atoms with Crippen LogP contribution in [0.25, 0.3) is 0 Å². The summed E-state index contributed by atoms with van der Waals surface area (Å²) >= 11 is 0. The average molecular weight is 246 g/mol. The van der Waals surface area contributed by atoms with Crippen molar-refractivity contribution in [3.05, 3.63) is 35.4 Å². The van der Waals surface area contributed by atoms with E-state index in [1.54, 1.807) is 0 Å². The molecule has 1 aromatic rings. The highest BCUT2D eigenvalue weighted by Crippen LogP contribution is 2.12. The first-order valence-corrected chi connectivity index (χ1v) is 6.68. The van der Waals surface area contributed by atoms with E-state index in [1.165, 1.54) is 11.1 Å². The van der Waals surface area contributed by atoms with Gasteiger partial charge in [0.2, 0.25) is 5.91 Å². The largest absolute Gasteiger partial charge is 0.345 e. The van der Waals surface area contributed by atoms with Crippen LogP contribution in [0.3, 0.4) is 0 Å². The summed E-state index contributed by atoms with van der Waals surface area (Å²) < 4.78 is 0. The third kappa shape index (κ3) is 3.10. The Hall–Kier alpha value is -1.35. The fourth-order valence-electron chi connectivity index (χ4n) is 2.47. The molecule has 0 bridgehead atoms. The van der Waals surface area contributed by atoms with Crippen LogP contribution in [0.5, 0.6) is 0 Å². The molecule has 1 fully saturated rings. The number of rotatable bonds is 4. The van der Waals surface area contributed by atoms with Crippen LogP contribution in [0.2, 0.25) is 0 Å². The average Bonchev–Trinajstić information content (AvgIpc) is 2.90. The zero-order chi connectivity index (χ0) is 13.0. The second kappa shape index (κ2) is 6.01. The fraction of sp³-hybridized carbons (Fsp3) is 0.533. The Balaban J connectivity index is 1.86. The number of amides is 1. The summed E-state index contributed by atoms with van der Waals surface area (Å²) in [6.07, 6.45) is 1.92. The lowest BCUT2D eigenvalue weighted by molar-refractivity contribution is -0.133. The third-order valence-electron chi connectivity index (χ3n) is 3.76. The molecular weight excluding hydrogens is 224 g/mol. The van der Waals surface area contributed by atoms with Gasteiger partial charge in [-0.15, -0.1) is 0 Å². The Morgan fingerprint density at radius 3 is 2.89 bits per heavy atom. The van der Waals surface area contributed by atoms with E-state index in [4.69, 9.17) is 0 Å². The summed E-state index contributed by atoms with van der Waals surface area (Å²) in [6.45, 7) is 4.74. The van der Waals surface area contributed by atoms with Gasteiger partial charge >= 0.3 is 0 Å². The van der Waals surface area contributed by atoms with Crippen LogP contribution in [-0.2, 0) is 11.2 Å². The van der Waals surface area contributed by atoms with Crippen LogP contribution >= 0.6 is 0 Å². The maximum absolute atomic E-state index is 12.1. The minimum Gasteiger partial charge on any atom is -0.345 e. The molecule has 1 unspecified atom stereocenters. The van der Waals surface area contributed by atoms with E-state index in [-0.39, 0.29) is 11.8 Å². The van der Waals surface area contributed by atoms with E-state index in [0.717, 1.165) is 32.5 Å². The Kier molecular flexibility index (Phi) is 4.37. The fourth-order valence-corrected chi connectivity index (χ4v) is 2.47. The molecule has 0 radical (unpaired) electrons. The molecule has 1 amide bonds. The van der Waals surface area contributed by atoms with Crippen LogP contribution < -0.4 is 5.32 Å². The predicted molar refractivity (Wildman–Crippen MR) is 73.5 cm³/mol. The van der Waals surface area contributed by atoms with Gasteiger partial charge in [-0.25, -0.2) is 0 Å². The first-order chi connectivity index (χ1) is 8.68. The maximum atomic E-state index is 12.1. The van der Waals surface area contributed by atoms with Gasteiger partial charge in [-0.3, -0.25) is 4.79 Å². The molecular formula is C15H22N2O. The van der Waals surface area contributed by atoms with Gasteiger partial charge in [-0.2, -0.15) is 0 Å². The zero-order valence-electron chi connectivity index (χ0n) is 11.3. The summed E-state index contributed by atoms with van der Waals surface area (Å²) in [5, 5.41) is 3.24. The number of hydrogen-bond acceptors (Lipinski definition) is 2. The molecule has 18 heavy (non-hydrogen) atoms. The molecule has 1 aliphatic heterocycles. The van der Waals surface area contributed by atoms with E-state index in [9.17, 15) is 4.79 Å². The van der Waals surface area contributed by atoms with Crippen LogP contribution in [-0.4, -0.2) is 37.5 Å². The Morgan fingerprint density at radius 2 is 2.22 bits per heavy atom. The first kappa shape index (κ1) is 13.1. The number of nitrogens with one attached hydrogen (secondary N) is 1. The molecule has 1 atom stereocenters.